The minimum absolute atomic E-state index is 0.177. The fourth-order valence-corrected chi connectivity index (χ4v) is 18.0. The largest absolute Gasteiger partial charge is 0.494 e. The summed E-state index contributed by atoms with van der Waals surface area (Å²) in [5.41, 5.74) is 0.0522. The fraction of sp³-hybridized carbons (Fsp3) is 0.341. The number of thiophene rings is 4. The van der Waals surface area contributed by atoms with Crippen molar-refractivity contribution in [2.24, 2.45) is 23.7 Å². The molecule has 0 aliphatic heterocycles. The molecule has 10 aromatic rings. The summed E-state index contributed by atoms with van der Waals surface area (Å²) in [6.07, 6.45) is 8.64. The van der Waals surface area contributed by atoms with Crippen LogP contribution in [0.2, 0.25) is 0 Å². The molecule has 0 saturated heterocycles. The number of aryl methyl sites for hydroxylation is 4. The average molecular weight is 1530 g/mol. The van der Waals surface area contributed by atoms with Crippen LogP contribution in [0, 0.1) is 63.2 Å². The minimum atomic E-state index is -5.72. The predicted octanol–water partition coefficient (Wildman–Crippen LogP) is 28.7. The van der Waals surface area contributed by atoms with E-state index in [1.54, 1.807) is 72.8 Å². The quantitative estimate of drug-likeness (QED) is 0.0397. The molecule has 2 aliphatic rings. The molecule has 0 bridgehead atoms. The number of alkyl halides is 12. The third-order valence-electron chi connectivity index (χ3n) is 20.2. The Labute approximate surface area is 628 Å². The normalized spacial score (nSPS) is 16.8. The van der Waals surface area contributed by atoms with Gasteiger partial charge in [-0.15, -0.1) is 45.3 Å². The molecule has 0 unspecified atom stereocenters. The second-order valence-corrected chi connectivity index (χ2v) is 34.0. The van der Waals surface area contributed by atoms with E-state index in [-0.39, 0.29) is 41.8 Å². The molecular formula is C88H82F12O2S4. The molecule has 0 fully saturated rings. The Bertz CT molecular complexity index is 4590. The molecule has 106 heavy (non-hydrogen) atoms. The van der Waals surface area contributed by atoms with E-state index in [1.807, 2.05) is 72.8 Å². The van der Waals surface area contributed by atoms with Crippen LogP contribution in [0.5, 0.6) is 11.5 Å². The standard InChI is InChI=1S/C88H82F12O2S4/c1-51(2)13-11-15-53(5)43-45-101-69-39-35-67(36-40-69)77-49-73(57(9)105-77)81-79(83(89,90)87(97,98)85(81,93)94)71-47-75(103-55(71)7)65-31-27-63(28-32-65)61-23-19-59(20-24-61)17-18-60-21-25-62(26-22-60)64-29-33-66(34-30-64)76-48-72(56(8)104-76)80-82(86(95,96)88(99,100)84(80,91)92)74-50-78(106-58(74)10)68-37-41-70(42-38-68)102-46-44-54(6)16-12-14-52(3)4/h19-42,47-54H,11-16,43-46H2,1-10H3/t53-,54-/m0/s1. The number of hydrogen-bond donors (Lipinski definition) is 0. The summed E-state index contributed by atoms with van der Waals surface area (Å²) in [6, 6.07) is 48.5. The van der Waals surface area contributed by atoms with Crippen molar-refractivity contribution in [1.29, 1.82) is 0 Å². The maximum absolute atomic E-state index is 16.2. The molecule has 2 aliphatic carbocycles. The molecule has 6 aromatic carbocycles. The Hall–Kier alpha value is -8.08. The van der Waals surface area contributed by atoms with Gasteiger partial charge in [0.2, 0.25) is 0 Å². The molecule has 2 nitrogen and oxygen atoms in total. The van der Waals surface area contributed by atoms with Crippen molar-refractivity contribution >= 4 is 67.6 Å². The van der Waals surface area contributed by atoms with Gasteiger partial charge >= 0.3 is 35.5 Å². The van der Waals surface area contributed by atoms with E-state index < -0.39 is 57.8 Å². The van der Waals surface area contributed by atoms with E-state index in [1.165, 1.54) is 64.8 Å². The zero-order chi connectivity index (χ0) is 76.0. The van der Waals surface area contributed by atoms with Gasteiger partial charge in [0.15, 0.2) is 0 Å². The van der Waals surface area contributed by atoms with Crippen molar-refractivity contribution in [3.63, 3.8) is 0 Å². The van der Waals surface area contributed by atoms with Gasteiger partial charge in [-0.25, -0.2) is 0 Å². The highest BCUT2D eigenvalue weighted by atomic mass is 32.1. The van der Waals surface area contributed by atoms with Crippen molar-refractivity contribution in [3.05, 3.63) is 223 Å². The van der Waals surface area contributed by atoms with Gasteiger partial charge < -0.3 is 9.47 Å². The zero-order valence-electron chi connectivity index (χ0n) is 60.5. The molecule has 4 aromatic heterocycles. The van der Waals surface area contributed by atoms with E-state index in [9.17, 15) is 0 Å². The van der Waals surface area contributed by atoms with Gasteiger partial charge in [0.25, 0.3) is 0 Å². The van der Waals surface area contributed by atoms with Crippen molar-refractivity contribution < 1.29 is 62.2 Å². The number of hydrogen-bond acceptors (Lipinski definition) is 6. The molecule has 554 valence electrons. The molecule has 0 saturated carbocycles. The average Bonchev–Trinajstić information content (AvgIpc) is 1.53. The third kappa shape index (κ3) is 15.4. The molecular weight excluding hydrogens is 1450 g/mol. The number of ether oxygens (including phenoxy) is 2. The van der Waals surface area contributed by atoms with Crippen molar-refractivity contribution in [2.75, 3.05) is 13.2 Å². The Kier molecular flexibility index (Phi) is 22.6. The predicted molar refractivity (Wildman–Crippen MR) is 414 cm³/mol. The minimum Gasteiger partial charge on any atom is -0.494 e. The number of halogens is 12. The smallest absolute Gasteiger partial charge is 0.380 e. The van der Waals surface area contributed by atoms with Gasteiger partial charge in [0, 0.05) is 72.4 Å². The Balaban J connectivity index is 0.697. The molecule has 0 N–H and O–H groups in total. The Morgan fingerprint density at radius 3 is 0.774 bits per heavy atom. The van der Waals surface area contributed by atoms with Crippen molar-refractivity contribution in [1.82, 2.24) is 0 Å². The van der Waals surface area contributed by atoms with Gasteiger partial charge in [0.05, 0.1) is 13.2 Å². The summed E-state index contributed by atoms with van der Waals surface area (Å²) in [6.45, 7) is 20.1. The zero-order valence-corrected chi connectivity index (χ0v) is 63.8. The van der Waals surface area contributed by atoms with Crippen LogP contribution in [-0.4, -0.2) is 48.7 Å². The van der Waals surface area contributed by atoms with Crippen LogP contribution in [0.1, 0.15) is 146 Å². The second kappa shape index (κ2) is 30.9. The van der Waals surface area contributed by atoms with Gasteiger partial charge in [-0.05, 0) is 228 Å². The van der Waals surface area contributed by atoms with Crippen molar-refractivity contribution in [2.45, 2.75) is 156 Å². The molecule has 0 spiro atoms. The fourth-order valence-electron chi connectivity index (χ4n) is 13.9. The lowest BCUT2D eigenvalue weighted by molar-refractivity contribution is -0.254. The lowest BCUT2D eigenvalue weighted by Gasteiger charge is -2.25. The van der Waals surface area contributed by atoms with Crippen LogP contribution >= 0.6 is 45.3 Å². The van der Waals surface area contributed by atoms with Crippen LogP contribution < -0.4 is 9.47 Å². The van der Waals surface area contributed by atoms with E-state index in [0.717, 1.165) is 106 Å². The van der Waals surface area contributed by atoms with E-state index >= 15 is 52.7 Å². The van der Waals surface area contributed by atoms with E-state index in [4.69, 9.17) is 9.47 Å². The molecule has 4 heterocycles. The number of allylic oxidation sites excluding steroid dienone is 4. The number of benzene rings is 6. The first kappa shape index (κ1) is 77.5. The first-order valence-electron chi connectivity index (χ1n) is 35.8. The maximum Gasteiger partial charge on any atom is 0.380 e. The Morgan fingerprint density at radius 1 is 0.302 bits per heavy atom. The van der Waals surface area contributed by atoms with Gasteiger partial charge in [-0.3, -0.25) is 0 Å². The highest BCUT2D eigenvalue weighted by molar-refractivity contribution is 7.16. The van der Waals surface area contributed by atoms with Crippen LogP contribution in [-0.2, 0) is 0 Å². The highest BCUT2D eigenvalue weighted by Crippen LogP contribution is 2.68. The van der Waals surface area contributed by atoms with Gasteiger partial charge in [0.1, 0.15) is 11.5 Å². The first-order chi connectivity index (χ1) is 50.2. The van der Waals surface area contributed by atoms with E-state index in [0.29, 0.717) is 101 Å². The van der Waals surface area contributed by atoms with Crippen LogP contribution in [0.15, 0.2) is 170 Å². The summed E-state index contributed by atoms with van der Waals surface area (Å²) < 4.78 is 204. The molecule has 2 atom stereocenters. The third-order valence-corrected chi connectivity index (χ3v) is 24.6. The summed E-state index contributed by atoms with van der Waals surface area (Å²) >= 11 is 4.22. The topological polar surface area (TPSA) is 18.5 Å². The Morgan fingerprint density at radius 2 is 0.528 bits per heavy atom. The van der Waals surface area contributed by atoms with E-state index in [2.05, 4.69) is 53.4 Å². The molecule has 0 amide bonds. The summed E-state index contributed by atoms with van der Waals surface area (Å²) in [4.78, 5) is 2.50. The maximum atomic E-state index is 16.2. The lowest BCUT2D eigenvalue weighted by Crippen LogP contribution is -2.48. The summed E-state index contributed by atoms with van der Waals surface area (Å²) in [5.74, 6) is -22.4. The number of rotatable bonds is 26. The monoisotopic (exact) mass is 1530 g/mol. The van der Waals surface area contributed by atoms with Gasteiger partial charge in [-0.1, -0.05) is 165 Å². The molecule has 12 rings (SSSR count). The van der Waals surface area contributed by atoms with Crippen LogP contribution in [0.4, 0.5) is 52.7 Å². The lowest BCUT2D eigenvalue weighted by atomic mass is 9.94. The second-order valence-electron chi connectivity index (χ2n) is 29.0. The van der Waals surface area contributed by atoms with Crippen LogP contribution in [0.3, 0.4) is 0 Å². The summed E-state index contributed by atoms with van der Waals surface area (Å²) in [7, 11) is 0. The van der Waals surface area contributed by atoms with Crippen molar-refractivity contribution in [3.8, 4) is 87.4 Å². The highest BCUT2D eigenvalue weighted by Gasteiger charge is 2.82. The SMILES string of the molecule is Cc1sc(-c2ccc(OCC[C@@H](C)CCCC(C)C)cc2)cc1C1=C(c2cc(-c3ccc(-c4ccc(C#Cc5ccc(-c6ccc(-c7cc(C8=C(c9cc(-c%10ccc(OCC[C@@H](C)CCCC(C)C)cc%10)sc9C)C(F)(F)C(F)(F)C8(F)F)c(C)s7)cc6)cc5)cc4)cc3)sc2C)C(F)(F)C(F)(F)C1(F)F. The molecule has 0 radical (unpaired) electrons. The summed E-state index contributed by atoms with van der Waals surface area (Å²) in [5, 5.41) is 0. The van der Waals surface area contributed by atoms with Crippen LogP contribution in [0.25, 0.3) is 86.3 Å². The van der Waals surface area contributed by atoms with Gasteiger partial charge in [-0.2, -0.15) is 52.7 Å². The first-order valence-corrected chi connectivity index (χ1v) is 39.1. The molecule has 18 heteroatoms.